The molecule has 0 radical (unpaired) electrons. The molecule has 0 amide bonds. The Morgan fingerprint density at radius 3 is 3.07 bits per heavy atom. The molecule has 0 spiro atoms. The molecule has 3 nitrogen and oxygen atoms in total. The SMILES string of the molecule is CNC(C)c1cnc(-c2cccs2)o1. The van der Waals surface area contributed by atoms with Gasteiger partial charge in [-0.3, -0.25) is 0 Å². The maximum atomic E-state index is 5.62. The van der Waals surface area contributed by atoms with Crippen molar-refractivity contribution in [3.05, 3.63) is 29.5 Å². The first-order chi connectivity index (χ1) is 6.81. The first-order valence-electron chi connectivity index (χ1n) is 4.48. The van der Waals surface area contributed by atoms with E-state index in [1.165, 1.54) is 0 Å². The van der Waals surface area contributed by atoms with Gasteiger partial charge in [0.05, 0.1) is 17.1 Å². The van der Waals surface area contributed by atoms with Crippen molar-refractivity contribution in [2.75, 3.05) is 7.05 Å². The van der Waals surface area contributed by atoms with Gasteiger partial charge in [-0.25, -0.2) is 4.98 Å². The average Bonchev–Trinajstić information content (AvgIpc) is 2.86. The maximum absolute atomic E-state index is 5.62. The molecule has 0 saturated heterocycles. The minimum Gasteiger partial charge on any atom is -0.439 e. The second-order valence-electron chi connectivity index (χ2n) is 3.06. The topological polar surface area (TPSA) is 38.1 Å². The number of nitrogens with one attached hydrogen (secondary N) is 1. The highest BCUT2D eigenvalue weighted by Crippen LogP contribution is 2.25. The summed E-state index contributed by atoms with van der Waals surface area (Å²) in [6.07, 6.45) is 1.77. The van der Waals surface area contributed by atoms with Crippen LogP contribution in [0, 0.1) is 0 Å². The van der Waals surface area contributed by atoms with Gasteiger partial charge in [0.2, 0.25) is 5.89 Å². The van der Waals surface area contributed by atoms with Crippen LogP contribution in [0.1, 0.15) is 18.7 Å². The van der Waals surface area contributed by atoms with Crippen LogP contribution in [0.15, 0.2) is 28.1 Å². The second-order valence-corrected chi connectivity index (χ2v) is 4.00. The molecule has 0 fully saturated rings. The number of rotatable bonds is 3. The quantitative estimate of drug-likeness (QED) is 0.842. The van der Waals surface area contributed by atoms with Crippen LogP contribution in [0.2, 0.25) is 0 Å². The number of thiophene rings is 1. The third-order valence-electron chi connectivity index (χ3n) is 2.12. The first-order valence-corrected chi connectivity index (χ1v) is 5.36. The molecule has 2 aromatic heterocycles. The van der Waals surface area contributed by atoms with Crippen molar-refractivity contribution in [2.24, 2.45) is 0 Å². The lowest BCUT2D eigenvalue weighted by Crippen LogP contribution is -2.11. The summed E-state index contributed by atoms with van der Waals surface area (Å²) in [7, 11) is 1.90. The zero-order valence-corrected chi connectivity index (χ0v) is 8.97. The normalized spacial score (nSPS) is 13.0. The predicted molar refractivity (Wildman–Crippen MR) is 57.3 cm³/mol. The van der Waals surface area contributed by atoms with Crippen LogP contribution < -0.4 is 5.32 Å². The Morgan fingerprint density at radius 2 is 2.43 bits per heavy atom. The monoisotopic (exact) mass is 208 g/mol. The molecule has 1 N–H and O–H groups in total. The van der Waals surface area contributed by atoms with Crippen molar-refractivity contribution in [2.45, 2.75) is 13.0 Å². The highest BCUT2D eigenvalue weighted by Gasteiger charge is 2.11. The van der Waals surface area contributed by atoms with Crippen LogP contribution >= 0.6 is 11.3 Å². The molecule has 2 aromatic rings. The zero-order valence-electron chi connectivity index (χ0n) is 8.15. The lowest BCUT2D eigenvalue weighted by Gasteiger charge is -2.03. The fraction of sp³-hybridized carbons (Fsp3) is 0.300. The molecule has 74 valence electrons. The predicted octanol–water partition coefficient (Wildman–Crippen LogP) is 2.68. The van der Waals surface area contributed by atoms with E-state index < -0.39 is 0 Å². The molecule has 1 unspecified atom stereocenters. The molecule has 0 aliphatic carbocycles. The fourth-order valence-electron chi connectivity index (χ4n) is 1.14. The zero-order chi connectivity index (χ0) is 9.97. The number of oxazole rings is 1. The Morgan fingerprint density at radius 1 is 1.57 bits per heavy atom. The largest absolute Gasteiger partial charge is 0.439 e. The highest BCUT2D eigenvalue weighted by atomic mass is 32.1. The average molecular weight is 208 g/mol. The molecule has 0 aliphatic rings. The third-order valence-corrected chi connectivity index (χ3v) is 2.97. The lowest BCUT2D eigenvalue weighted by atomic mass is 10.3. The molecule has 2 rings (SSSR count). The molecule has 0 saturated carbocycles. The van der Waals surface area contributed by atoms with Crippen LogP contribution in [-0.4, -0.2) is 12.0 Å². The standard InChI is InChI=1S/C10H12N2OS/c1-7(11-2)8-6-12-10(13-8)9-4-3-5-14-9/h3-7,11H,1-2H3. The van der Waals surface area contributed by atoms with Gasteiger partial charge in [0.1, 0.15) is 5.76 Å². The summed E-state index contributed by atoms with van der Waals surface area (Å²) in [6.45, 7) is 2.04. The van der Waals surface area contributed by atoms with Gasteiger partial charge in [-0.15, -0.1) is 11.3 Å². The van der Waals surface area contributed by atoms with Gasteiger partial charge in [0, 0.05) is 0 Å². The van der Waals surface area contributed by atoms with Crippen molar-refractivity contribution in [3.8, 4) is 10.8 Å². The molecule has 0 aromatic carbocycles. The van der Waals surface area contributed by atoms with Crippen LogP contribution in [0.3, 0.4) is 0 Å². The van der Waals surface area contributed by atoms with E-state index in [9.17, 15) is 0 Å². The Bertz CT molecular complexity index is 394. The second kappa shape index (κ2) is 3.94. The molecule has 14 heavy (non-hydrogen) atoms. The smallest absolute Gasteiger partial charge is 0.236 e. The summed E-state index contributed by atoms with van der Waals surface area (Å²) in [6, 6.07) is 4.20. The Labute approximate surface area is 86.8 Å². The van der Waals surface area contributed by atoms with E-state index in [0.29, 0.717) is 5.89 Å². The molecule has 1 atom stereocenters. The van der Waals surface area contributed by atoms with Gasteiger partial charge in [-0.1, -0.05) is 6.07 Å². The molecule has 2 heterocycles. The summed E-state index contributed by atoms with van der Waals surface area (Å²) >= 11 is 1.63. The minimum atomic E-state index is 0.205. The summed E-state index contributed by atoms with van der Waals surface area (Å²) in [4.78, 5) is 5.30. The van der Waals surface area contributed by atoms with Crippen molar-refractivity contribution in [1.29, 1.82) is 0 Å². The van der Waals surface area contributed by atoms with Gasteiger partial charge in [-0.05, 0) is 25.4 Å². The van der Waals surface area contributed by atoms with E-state index in [-0.39, 0.29) is 6.04 Å². The van der Waals surface area contributed by atoms with Crippen LogP contribution in [-0.2, 0) is 0 Å². The molecule has 0 aliphatic heterocycles. The number of aromatic nitrogens is 1. The summed E-state index contributed by atoms with van der Waals surface area (Å²) in [5.41, 5.74) is 0. The molecule has 4 heteroatoms. The van der Waals surface area contributed by atoms with Gasteiger partial charge in [0.15, 0.2) is 0 Å². The van der Waals surface area contributed by atoms with Crippen molar-refractivity contribution < 1.29 is 4.42 Å². The van der Waals surface area contributed by atoms with E-state index in [1.54, 1.807) is 17.5 Å². The van der Waals surface area contributed by atoms with Gasteiger partial charge in [0.25, 0.3) is 0 Å². The van der Waals surface area contributed by atoms with E-state index in [4.69, 9.17) is 4.42 Å². The van der Waals surface area contributed by atoms with E-state index >= 15 is 0 Å². The van der Waals surface area contributed by atoms with Crippen molar-refractivity contribution in [1.82, 2.24) is 10.3 Å². The third kappa shape index (κ3) is 1.71. The fourth-order valence-corrected chi connectivity index (χ4v) is 1.80. The number of nitrogens with zero attached hydrogens (tertiary/aromatic N) is 1. The Balaban J connectivity index is 2.26. The summed E-state index contributed by atoms with van der Waals surface area (Å²) in [5.74, 6) is 1.58. The minimum absolute atomic E-state index is 0.205. The van der Waals surface area contributed by atoms with E-state index in [1.807, 2.05) is 31.5 Å². The Hall–Kier alpha value is -1.13. The van der Waals surface area contributed by atoms with Crippen molar-refractivity contribution in [3.63, 3.8) is 0 Å². The lowest BCUT2D eigenvalue weighted by molar-refractivity contribution is 0.457. The van der Waals surface area contributed by atoms with Gasteiger partial charge >= 0.3 is 0 Å². The summed E-state index contributed by atoms with van der Waals surface area (Å²) < 4.78 is 5.62. The van der Waals surface area contributed by atoms with Crippen LogP contribution in [0.5, 0.6) is 0 Å². The molecule has 0 bridgehead atoms. The van der Waals surface area contributed by atoms with Gasteiger partial charge < -0.3 is 9.73 Å². The summed E-state index contributed by atoms with van der Waals surface area (Å²) in [5, 5.41) is 5.12. The number of hydrogen-bond donors (Lipinski definition) is 1. The highest BCUT2D eigenvalue weighted by molar-refractivity contribution is 7.13. The van der Waals surface area contributed by atoms with E-state index in [2.05, 4.69) is 10.3 Å². The van der Waals surface area contributed by atoms with Gasteiger partial charge in [-0.2, -0.15) is 0 Å². The number of hydrogen-bond acceptors (Lipinski definition) is 4. The van der Waals surface area contributed by atoms with Crippen LogP contribution in [0.4, 0.5) is 0 Å². The van der Waals surface area contributed by atoms with E-state index in [0.717, 1.165) is 10.6 Å². The van der Waals surface area contributed by atoms with Crippen molar-refractivity contribution >= 4 is 11.3 Å². The first kappa shape index (κ1) is 9.43. The molecular formula is C10H12N2OS. The molecular weight excluding hydrogens is 196 g/mol. The van der Waals surface area contributed by atoms with Crippen LogP contribution in [0.25, 0.3) is 10.8 Å². The maximum Gasteiger partial charge on any atom is 0.236 e. The Kier molecular flexibility index (Phi) is 2.65.